The molecule has 0 spiro atoms. The normalized spacial score (nSPS) is 10.1. The smallest absolute Gasteiger partial charge is 0.261 e. The predicted octanol–water partition coefficient (Wildman–Crippen LogP) is 1.63. The molecule has 1 amide bonds. The summed E-state index contributed by atoms with van der Waals surface area (Å²) in [6, 6.07) is 14.9. The summed E-state index contributed by atoms with van der Waals surface area (Å²) in [7, 11) is 3.96. The molecule has 0 radical (unpaired) electrons. The van der Waals surface area contributed by atoms with Crippen molar-refractivity contribution in [3.8, 4) is 11.8 Å². The average molecular weight is 360 g/mol. The molecule has 3 aromatic rings. The van der Waals surface area contributed by atoms with Gasteiger partial charge in [0, 0.05) is 25.3 Å². The van der Waals surface area contributed by atoms with Crippen LogP contribution in [-0.4, -0.2) is 36.1 Å². The Bertz CT molecular complexity index is 1070. The van der Waals surface area contributed by atoms with E-state index in [4.69, 9.17) is 0 Å². The Hall–Kier alpha value is -3.59. The first-order valence-corrected chi connectivity index (χ1v) is 8.52. The van der Waals surface area contributed by atoms with Gasteiger partial charge in [-0.3, -0.25) is 14.2 Å². The average Bonchev–Trinajstić information content (AvgIpc) is 2.68. The number of carbonyl (C=O) groups is 1. The first kappa shape index (κ1) is 18.2. The highest BCUT2D eigenvalue weighted by Crippen LogP contribution is 2.11. The number of nitrogens with zero attached hydrogens (tertiary/aromatic N) is 3. The second kappa shape index (κ2) is 8.19. The fourth-order valence-corrected chi connectivity index (χ4v) is 2.56. The van der Waals surface area contributed by atoms with Crippen LogP contribution in [0.4, 0.5) is 5.69 Å². The summed E-state index contributed by atoms with van der Waals surface area (Å²) in [6.45, 7) is 0.125. The topological polar surface area (TPSA) is 67.2 Å². The number of nitrogens with one attached hydrogen (secondary N) is 1. The molecule has 136 valence electrons. The number of hydrogen-bond acceptors (Lipinski definition) is 4. The summed E-state index contributed by atoms with van der Waals surface area (Å²) in [6.07, 6.45) is 1.39. The zero-order valence-electron chi connectivity index (χ0n) is 15.3. The van der Waals surface area contributed by atoms with Gasteiger partial charge in [-0.25, -0.2) is 4.98 Å². The number of anilines is 1. The first-order chi connectivity index (χ1) is 13.0. The van der Waals surface area contributed by atoms with Gasteiger partial charge in [0.2, 0.25) is 5.91 Å². The van der Waals surface area contributed by atoms with E-state index in [-0.39, 0.29) is 24.6 Å². The second-order valence-electron chi connectivity index (χ2n) is 6.21. The summed E-state index contributed by atoms with van der Waals surface area (Å²) >= 11 is 0. The largest absolute Gasteiger partial charge is 0.378 e. The van der Waals surface area contributed by atoms with Crippen LogP contribution in [0.15, 0.2) is 59.7 Å². The van der Waals surface area contributed by atoms with Crippen molar-refractivity contribution in [1.82, 2.24) is 14.9 Å². The Morgan fingerprint density at radius 3 is 2.63 bits per heavy atom. The highest BCUT2D eigenvalue weighted by Gasteiger charge is 2.07. The molecule has 1 aromatic heterocycles. The predicted molar refractivity (Wildman–Crippen MR) is 107 cm³/mol. The minimum Gasteiger partial charge on any atom is -0.378 e. The summed E-state index contributed by atoms with van der Waals surface area (Å²) < 4.78 is 1.30. The van der Waals surface area contributed by atoms with Gasteiger partial charge in [0.15, 0.2) is 0 Å². The highest BCUT2D eigenvalue weighted by molar-refractivity contribution is 5.79. The molecule has 0 aliphatic carbocycles. The van der Waals surface area contributed by atoms with Gasteiger partial charge in [0.25, 0.3) is 5.56 Å². The van der Waals surface area contributed by atoms with Crippen LogP contribution in [0.3, 0.4) is 0 Å². The third-order valence-corrected chi connectivity index (χ3v) is 4.04. The zero-order valence-corrected chi connectivity index (χ0v) is 15.3. The lowest BCUT2D eigenvalue weighted by molar-refractivity contribution is -0.121. The molecule has 1 heterocycles. The Kier molecular flexibility index (Phi) is 5.53. The van der Waals surface area contributed by atoms with Gasteiger partial charge in [0.1, 0.15) is 6.54 Å². The molecule has 0 saturated carbocycles. The van der Waals surface area contributed by atoms with Crippen molar-refractivity contribution in [1.29, 1.82) is 0 Å². The van der Waals surface area contributed by atoms with Crippen molar-refractivity contribution in [3.63, 3.8) is 0 Å². The Labute approximate surface area is 157 Å². The Morgan fingerprint density at radius 1 is 1.15 bits per heavy atom. The number of aromatic nitrogens is 2. The molecular weight excluding hydrogens is 340 g/mol. The number of hydrogen-bond donors (Lipinski definition) is 1. The lowest BCUT2D eigenvalue weighted by Gasteiger charge is -2.11. The van der Waals surface area contributed by atoms with Gasteiger partial charge in [-0.2, -0.15) is 0 Å². The fraction of sp³-hybridized carbons (Fsp3) is 0.190. The van der Waals surface area contributed by atoms with E-state index < -0.39 is 0 Å². The summed E-state index contributed by atoms with van der Waals surface area (Å²) in [4.78, 5) is 30.6. The molecule has 27 heavy (non-hydrogen) atoms. The van der Waals surface area contributed by atoms with E-state index in [1.165, 1.54) is 10.9 Å². The molecule has 0 atom stereocenters. The maximum atomic E-state index is 12.4. The maximum absolute atomic E-state index is 12.4. The standard InChI is InChI=1S/C21H20N4O2/c1-24(2)17-11-9-16(10-12-17)6-5-13-22-20(26)14-25-15-23-19-8-4-3-7-18(19)21(25)27/h3-4,7-12,15H,13-14H2,1-2H3,(H,22,26). The van der Waals surface area contributed by atoms with Gasteiger partial charge >= 0.3 is 0 Å². The molecular formula is C21H20N4O2. The van der Waals surface area contributed by atoms with Crippen LogP contribution in [0, 0.1) is 11.8 Å². The van der Waals surface area contributed by atoms with Crippen molar-refractivity contribution in [2.45, 2.75) is 6.54 Å². The number of rotatable bonds is 4. The van der Waals surface area contributed by atoms with Crippen molar-refractivity contribution in [3.05, 3.63) is 70.8 Å². The molecule has 6 heteroatoms. The molecule has 3 rings (SSSR count). The number of para-hydroxylation sites is 1. The van der Waals surface area contributed by atoms with Crippen LogP contribution in [0.2, 0.25) is 0 Å². The number of benzene rings is 2. The van der Waals surface area contributed by atoms with E-state index in [1.54, 1.807) is 18.2 Å². The number of fused-ring (bicyclic) bond motifs is 1. The zero-order chi connectivity index (χ0) is 19.2. The van der Waals surface area contributed by atoms with Crippen molar-refractivity contribution < 1.29 is 4.79 Å². The maximum Gasteiger partial charge on any atom is 0.261 e. The van der Waals surface area contributed by atoms with E-state index in [2.05, 4.69) is 22.1 Å². The lowest BCUT2D eigenvalue weighted by Crippen LogP contribution is -2.32. The summed E-state index contributed by atoms with van der Waals surface area (Å²) in [5.74, 6) is 5.63. The van der Waals surface area contributed by atoms with E-state index in [9.17, 15) is 9.59 Å². The fourth-order valence-electron chi connectivity index (χ4n) is 2.56. The van der Waals surface area contributed by atoms with Crippen molar-refractivity contribution in [2.75, 3.05) is 25.5 Å². The molecule has 1 N–H and O–H groups in total. The van der Waals surface area contributed by atoms with Gasteiger partial charge in [0.05, 0.1) is 23.8 Å². The van der Waals surface area contributed by atoms with Gasteiger partial charge in [-0.15, -0.1) is 0 Å². The van der Waals surface area contributed by atoms with E-state index >= 15 is 0 Å². The number of amides is 1. The minimum atomic E-state index is -0.286. The van der Waals surface area contributed by atoms with Crippen molar-refractivity contribution in [2.24, 2.45) is 0 Å². The summed E-state index contributed by atoms with van der Waals surface area (Å²) in [5.41, 5.74) is 2.36. The Balaban J connectivity index is 1.58. The Morgan fingerprint density at radius 2 is 1.89 bits per heavy atom. The van der Waals surface area contributed by atoms with E-state index in [0.29, 0.717) is 10.9 Å². The van der Waals surface area contributed by atoms with Crippen LogP contribution < -0.4 is 15.8 Å². The second-order valence-corrected chi connectivity index (χ2v) is 6.21. The summed E-state index contributed by atoms with van der Waals surface area (Å²) in [5, 5.41) is 3.19. The molecule has 6 nitrogen and oxygen atoms in total. The van der Waals surface area contributed by atoms with Crippen LogP contribution >= 0.6 is 0 Å². The molecule has 0 aliphatic rings. The third kappa shape index (κ3) is 4.53. The SMILES string of the molecule is CN(C)c1ccc(C#CCNC(=O)Cn2cnc3ccccc3c2=O)cc1. The van der Waals surface area contributed by atoms with E-state index in [0.717, 1.165) is 11.3 Å². The molecule has 0 saturated heterocycles. The van der Waals surface area contributed by atoms with Crippen molar-refractivity contribution >= 4 is 22.5 Å². The first-order valence-electron chi connectivity index (χ1n) is 8.52. The molecule has 0 bridgehead atoms. The van der Waals surface area contributed by atoms with Crippen LogP contribution in [0.25, 0.3) is 10.9 Å². The number of carbonyl (C=O) groups excluding carboxylic acids is 1. The minimum absolute atomic E-state index is 0.0874. The van der Waals surface area contributed by atoms with Gasteiger partial charge in [-0.05, 0) is 36.4 Å². The molecule has 2 aromatic carbocycles. The molecule has 0 unspecified atom stereocenters. The van der Waals surface area contributed by atoms with Crippen LogP contribution in [0.1, 0.15) is 5.56 Å². The lowest BCUT2D eigenvalue weighted by atomic mass is 10.2. The molecule has 0 fully saturated rings. The quantitative estimate of drug-likeness (QED) is 0.718. The van der Waals surface area contributed by atoms with Gasteiger partial charge < -0.3 is 10.2 Å². The van der Waals surface area contributed by atoms with Gasteiger partial charge in [-0.1, -0.05) is 24.0 Å². The van der Waals surface area contributed by atoms with Crippen LogP contribution in [-0.2, 0) is 11.3 Å². The van der Waals surface area contributed by atoms with E-state index in [1.807, 2.05) is 49.3 Å². The third-order valence-electron chi connectivity index (χ3n) is 4.04. The molecule has 0 aliphatic heterocycles. The van der Waals surface area contributed by atoms with Crippen LogP contribution in [0.5, 0.6) is 0 Å². The highest BCUT2D eigenvalue weighted by atomic mass is 16.2. The monoisotopic (exact) mass is 360 g/mol.